The second-order valence-electron chi connectivity index (χ2n) is 5.18. The second kappa shape index (κ2) is 4.48. The normalized spacial score (nSPS) is 37.4. The molecule has 0 radical (unpaired) electrons. The van der Waals surface area contributed by atoms with Crippen LogP contribution in [0.5, 0.6) is 0 Å². The van der Waals surface area contributed by atoms with Gasteiger partial charge in [0.15, 0.2) is 0 Å². The highest BCUT2D eigenvalue weighted by Crippen LogP contribution is 2.49. The minimum Gasteiger partial charge on any atom is -0.317 e. The van der Waals surface area contributed by atoms with Crippen LogP contribution in [-0.2, 0) is 0 Å². The zero-order chi connectivity index (χ0) is 9.97. The van der Waals surface area contributed by atoms with Crippen LogP contribution in [0.3, 0.4) is 0 Å². The molecule has 0 aromatic rings. The SMILES string of the molecule is C=CCC(CC1CC2CCC1C2)NC. The first-order chi connectivity index (χ1) is 6.83. The minimum atomic E-state index is 0.678. The highest BCUT2D eigenvalue weighted by Gasteiger charge is 2.39. The van der Waals surface area contributed by atoms with Gasteiger partial charge in [-0.2, -0.15) is 0 Å². The summed E-state index contributed by atoms with van der Waals surface area (Å²) in [5.74, 6) is 3.18. The Balaban J connectivity index is 1.81. The topological polar surface area (TPSA) is 12.0 Å². The van der Waals surface area contributed by atoms with E-state index in [1.54, 1.807) is 0 Å². The summed E-state index contributed by atoms with van der Waals surface area (Å²) in [6.07, 6.45) is 10.6. The zero-order valence-corrected chi connectivity index (χ0v) is 9.34. The Morgan fingerprint density at radius 3 is 2.79 bits per heavy atom. The molecule has 0 aromatic carbocycles. The third-order valence-electron chi connectivity index (χ3n) is 4.33. The molecule has 2 rings (SSSR count). The van der Waals surface area contributed by atoms with Crippen molar-refractivity contribution in [2.24, 2.45) is 17.8 Å². The van der Waals surface area contributed by atoms with Crippen LogP contribution in [0.15, 0.2) is 12.7 Å². The minimum absolute atomic E-state index is 0.678. The van der Waals surface area contributed by atoms with Gasteiger partial charge >= 0.3 is 0 Å². The predicted octanol–water partition coefficient (Wildman–Crippen LogP) is 2.98. The molecule has 80 valence electrons. The van der Waals surface area contributed by atoms with E-state index >= 15 is 0 Å². The Labute approximate surface area is 88.0 Å². The molecule has 4 atom stereocenters. The number of hydrogen-bond donors (Lipinski definition) is 1. The molecule has 2 bridgehead atoms. The van der Waals surface area contributed by atoms with Gasteiger partial charge in [-0.25, -0.2) is 0 Å². The van der Waals surface area contributed by atoms with Crippen LogP contribution >= 0.6 is 0 Å². The van der Waals surface area contributed by atoms with Crippen LogP contribution in [-0.4, -0.2) is 13.1 Å². The number of fused-ring (bicyclic) bond motifs is 2. The van der Waals surface area contributed by atoms with E-state index in [2.05, 4.69) is 18.9 Å². The van der Waals surface area contributed by atoms with Crippen LogP contribution in [0.4, 0.5) is 0 Å². The average molecular weight is 193 g/mol. The molecule has 14 heavy (non-hydrogen) atoms. The van der Waals surface area contributed by atoms with Crippen molar-refractivity contribution >= 4 is 0 Å². The van der Waals surface area contributed by atoms with Crippen molar-refractivity contribution < 1.29 is 0 Å². The molecule has 0 heterocycles. The maximum absolute atomic E-state index is 3.83. The van der Waals surface area contributed by atoms with Gasteiger partial charge in [0.2, 0.25) is 0 Å². The van der Waals surface area contributed by atoms with Gasteiger partial charge in [0.1, 0.15) is 0 Å². The number of hydrogen-bond acceptors (Lipinski definition) is 1. The molecule has 0 spiro atoms. The van der Waals surface area contributed by atoms with Gasteiger partial charge in [-0.05, 0) is 56.9 Å². The molecule has 1 N–H and O–H groups in total. The largest absolute Gasteiger partial charge is 0.317 e. The van der Waals surface area contributed by atoms with Gasteiger partial charge in [-0.3, -0.25) is 0 Å². The zero-order valence-electron chi connectivity index (χ0n) is 9.34. The number of nitrogens with one attached hydrogen (secondary N) is 1. The fraction of sp³-hybridized carbons (Fsp3) is 0.846. The van der Waals surface area contributed by atoms with E-state index in [0.29, 0.717) is 6.04 Å². The third kappa shape index (κ3) is 2.03. The highest BCUT2D eigenvalue weighted by atomic mass is 14.9. The Hall–Kier alpha value is -0.300. The first-order valence-corrected chi connectivity index (χ1v) is 6.11. The fourth-order valence-corrected chi connectivity index (χ4v) is 3.56. The fourth-order valence-electron chi connectivity index (χ4n) is 3.56. The van der Waals surface area contributed by atoms with Gasteiger partial charge in [-0.15, -0.1) is 6.58 Å². The third-order valence-corrected chi connectivity index (χ3v) is 4.33. The summed E-state index contributed by atoms with van der Waals surface area (Å²) < 4.78 is 0. The van der Waals surface area contributed by atoms with Gasteiger partial charge in [0.25, 0.3) is 0 Å². The standard InChI is InChI=1S/C13H23N/c1-3-4-13(14-2)9-12-8-10-5-6-11(12)7-10/h3,10-14H,1,4-9H2,2H3. The van der Waals surface area contributed by atoms with E-state index in [-0.39, 0.29) is 0 Å². The summed E-state index contributed by atoms with van der Waals surface area (Å²) in [4.78, 5) is 0. The summed E-state index contributed by atoms with van der Waals surface area (Å²) in [7, 11) is 2.08. The maximum Gasteiger partial charge on any atom is 0.0101 e. The second-order valence-corrected chi connectivity index (χ2v) is 5.18. The first kappa shape index (κ1) is 10.2. The van der Waals surface area contributed by atoms with Crippen LogP contribution in [0.2, 0.25) is 0 Å². The smallest absolute Gasteiger partial charge is 0.0101 e. The molecule has 2 aliphatic carbocycles. The van der Waals surface area contributed by atoms with E-state index < -0.39 is 0 Å². The van der Waals surface area contributed by atoms with Crippen molar-refractivity contribution in [2.75, 3.05) is 7.05 Å². The van der Waals surface area contributed by atoms with Gasteiger partial charge in [0.05, 0.1) is 0 Å². The van der Waals surface area contributed by atoms with Crippen molar-refractivity contribution in [3.8, 4) is 0 Å². The molecule has 1 heteroatoms. The summed E-state index contributed by atoms with van der Waals surface area (Å²) in [6.45, 7) is 3.83. The summed E-state index contributed by atoms with van der Waals surface area (Å²) in [6, 6.07) is 0.678. The molecular weight excluding hydrogens is 170 g/mol. The van der Waals surface area contributed by atoms with E-state index in [4.69, 9.17) is 0 Å². The predicted molar refractivity (Wildman–Crippen MR) is 61.2 cm³/mol. The Bertz CT molecular complexity index is 199. The molecule has 0 saturated heterocycles. The molecule has 2 fully saturated rings. The lowest BCUT2D eigenvalue weighted by Gasteiger charge is -2.25. The lowest BCUT2D eigenvalue weighted by atomic mass is 9.83. The Morgan fingerprint density at radius 1 is 1.43 bits per heavy atom. The molecule has 2 saturated carbocycles. The summed E-state index contributed by atoms with van der Waals surface area (Å²) in [5.41, 5.74) is 0. The Morgan fingerprint density at radius 2 is 2.29 bits per heavy atom. The molecule has 0 aliphatic heterocycles. The van der Waals surface area contributed by atoms with Crippen LogP contribution in [0.1, 0.15) is 38.5 Å². The van der Waals surface area contributed by atoms with Crippen LogP contribution < -0.4 is 5.32 Å². The average Bonchev–Trinajstić information content (AvgIpc) is 2.78. The molecule has 0 aromatic heterocycles. The van der Waals surface area contributed by atoms with Gasteiger partial charge < -0.3 is 5.32 Å². The van der Waals surface area contributed by atoms with E-state index in [1.165, 1.54) is 32.1 Å². The summed E-state index contributed by atoms with van der Waals surface area (Å²) in [5, 5.41) is 3.42. The van der Waals surface area contributed by atoms with E-state index in [0.717, 1.165) is 24.2 Å². The highest BCUT2D eigenvalue weighted by molar-refractivity contribution is 4.92. The lowest BCUT2D eigenvalue weighted by molar-refractivity contribution is 0.283. The van der Waals surface area contributed by atoms with E-state index in [9.17, 15) is 0 Å². The maximum atomic E-state index is 3.83. The summed E-state index contributed by atoms with van der Waals surface area (Å²) >= 11 is 0. The first-order valence-electron chi connectivity index (χ1n) is 6.11. The molecular formula is C13H23N. The van der Waals surface area contributed by atoms with Gasteiger partial charge in [0, 0.05) is 6.04 Å². The molecule has 2 aliphatic rings. The molecule has 1 nitrogen and oxygen atoms in total. The molecule has 4 unspecified atom stereocenters. The lowest BCUT2D eigenvalue weighted by Crippen LogP contribution is -2.29. The van der Waals surface area contributed by atoms with Gasteiger partial charge in [-0.1, -0.05) is 12.5 Å². The van der Waals surface area contributed by atoms with Crippen LogP contribution in [0, 0.1) is 17.8 Å². The van der Waals surface area contributed by atoms with Crippen molar-refractivity contribution in [1.29, 1.82) is 0 Å². The Kier molecular flexibility index (Phi) is 3.27. The quantitative estimate of drug-likeness (QED) is 0.662. The van der Waals surface area contributed by atoms with Crippen LogP contribution in [0.25, 0.3) is 0 Å². The van der Waals surface area contributed by atoms with Crippen molar-refractivity contribution in [1.82, 2.24) is 5.32 Å². The van der Waals surface area contributed by atoms with Crippen molar-refractivity contribution in [3.05, 3.63) is 12.7 Å². The molecule has 0 amide bonds. The van der Waals surface area contributed by atoms with Crippen molar-refractivity contribution in [3.63, 3.8) is 0 Å². The monoisotopic (exact) mass is 193 g/mol. The number of rotatable bonds is 5. The van der Waals surface area contributed by atoms with E-state index in [1.807, 2.05) is 6.08 Å². The van der Waals surface area contributed by atoms with Crippen molar-refractivity contribution in [2.45, 2.75) is 44.6 Å².